The quantitative estimate of drug-likeness (QED) is 0.820. The molecule has 1 atom stereocenters. The van der Waals surface area contributed by atoms with Crippen molar-refractivity contribution in [2.45, 2.75) is 38.8 Å². The number of carbonyl (C=O) groups excluding carboxylic acids is 1. The molecule has 2 bridgehead atoms. The van der Waals surface area contributed by atoms with Crippen molar-refractivity contribution < 1.29 is 4.79 Å². The van der Waals surface area contributed by atoms with Crippen LogP contribution in [0, 0.1) is 5.92 Å². The van der Waals surface area contributed by atoms with Crippen LogP contribution < -0.4 is 5.32 Å². The van der Waals surface area contributed by atoms with E-state index in [0.29, 0.717) is 16.5 Å². The lowest BCUT2D eigenvalue weighted by Crippen LogP contribution is -2.57. The fourth-order valence-corrected chi connectivity index (χ4v) is 4.27. The van der Waals surface area contributed by atoms with Gasteiger partial charge in [-0.25, -0.2) is 4.98 Å². The molecule has 3 saturated heterocycles. The molecule has 5 nitrogen and oxygen atoms in total. The molecule has 3 aliphatic rings. The Morgan fingerprint density at radius 1 is 1.27 bits per heavy atom. The van der Waals surface area contributed by atoms with Gasteiger partial charge >= 0.3 is 0 Å². The fraction of sp³-hybridized carbons (Fsp3) is 0.556. The van der Waals surface area contributed by atoms with Gasteiger partial charge < -0.3 is 14.8 Å². The Morgan fingerprint density at radius 2 is 1.96 bits per heavy atom. The molecule has 0 saturated carbocycles. The highest BCUT2D eigenvalue weighted by molar-refractivity contribution is 6.32. The Hall–Kier alpha value is -1.01. The zero-order valence-corrected chi connectivity index (χ0v) is 17.3. The maximum atomic E-state index is 12.9. The number of amides is 1. The molecule has 0 aliphatic carbocycles. The Balaban J connectivity index is 0.00000121. The summed E-state index contributed by atoms with van der Waals surface area (Å²) in [5, 5.41) is 3.81. The Morgan fingerprint density at radius 3 is 2.54 bits per heavy atom. The van der Waals surface area contributed by atoms with Gasteiger partial charge in [0, 0.05) is 23.7 Å². The largest absolute Gasteiger partial charge is 0.348 e. The molecule has 1 unspecified atom stereocenters. The second-order valence-corrected chi connectivity index (χ2v) is 7.72. The van der Waals surface area contributed by atoms with E-state index in [1.54, 1.807) is 12.4 Å². The SMILES string of the molecule is CC(C)n1cnc2c(C(=O)NC3CN4CCC3CC4)cc(Cl)cc21.Cl.Cl. The van der Waals surface area contributed by atoms with E-state index in [9.17, 15) is 4.79 Å². The van der Waals surface area contributed by atoms with E-state index < -0.39 is 0 Å². The summed E-state index contributed by atoms with van der Waals surface area (Å²) in [7, 11) is 0. The van der Waals surface area contributed by atoms with Gasteiger partial charge in [0.25, 0.3) is 5.91 Å². The summed E-state index contributed by atoms with van der Waals surface area (Å²) in [6.07, 6.45) is 4.15. The number of imidazole rings is 1. The molecule has 4 heterocycles. The monoisotopic (exact) mass is 418 g/mol. The third kappa shape index (κ3) is 3.81. The second kappa shape index (κ2) is 8.34. The van der Waals surface area contributed by atoms with Crippen LogP contribution in [0.3, 0.4) is 0 Å². The van der Waals surface area contributed by atoms with Crippen molar-refractivity contribution in [1.29, 1.82) is 0 Å². The van der Waals surface area contributed by atoms with Gasteiger partial charge in [-0.05, 0) is 57.8 Å². The first-order valence-electron chi connectivity index (χ1n) is 8.72. The van der Waals surface area contributed by atoms with Crippen molar-refractivity contribution in [3.05, 3.63) is 29.0 Å². The molecule has 1 aromatic heterocycles. The number of nitrogens with one attached hydrogen (secondary N) is 1. The van der Waals surface area contributed by atoms with E-state index in [0.717, 1.165) is 30.7 Å². The molecule has 3 fully saturated rings. The number of carbonyl (C=O) groups is 1. The highest BCUT2D eigenvalue weighted by Crippen LogP contribution is 2.29. The van der Waals surface area contributed by atoms with Gasteiger partial charge in [0.1, 0.15) is 5.52 Å². The van der Waals surface area contributed by atoms with E-state index >= 15 is 0 Å². The highest BCUT2D eigenvalue weighted by atomic mass is 35.5. The van der Waals surface area contributed by atoms with Gasteiger partial charge in [-0.2, -0.15) is 0 Å². The van der Waals surface area contributed by atoms with Crippen LogP contribution in [0.4, 0.5) is 0 Å². The summed E-state index contributed by atoms with van der Waals surface area (Å²) in [5.74, 6) is 0.539. The maximum Gasteiger partial charge on any atom is 0.253 e. The molecule has 0 radical (unpaired) electrons. The summed E-state index contributed by atoms with van der Waals surface area (Å²) >= 11 is 6.28. The van der Waals surface area contributed by atoms with E-state index in [1.165, 1.54) is 12.8 Å². The van der Waals surface area contributed by atoms with Gasteiger partial charge in [-0.15, -0.1) is 24.8 Å². The van der Waals surface area contributed by atoms with Crippen LogP contribution >= 0.6 is 36.4 Å². The molecule has 3 aliphatic heterocycles. The molecule has 144 valence electrons. The second-order valence-electron chi connectivity index (χ2n) is 7.28. The topological polar surface area (TPSA) is 50.2 Å². The predicted molar refractivity (Wildman–Crippen MR) is 110 cm³/mol. The molecule has 26 heavy (non-hydrogen) atoms. The summed E-state index contributed by atoms with van der Waals surface area (Å²) in [5.41, 5.74) is 2.22. The van der Waals surface area contributed by atoms with Gasteiger partial charge in [-0.3, -0.25) is 4.79 Å². The molecule has 1 N–H and O–H groups in total. The standard InChI is InChI=1S/C18H23ClN4O.2ClH/c1-11(2)23-10-20-17-14(7-13(19)8-16(17)23)18(24)21-15-9-22-5-3-12(15)4-6-22;;/h7-8,10-12,15H,3-6,9H2,1-2H3,(H,21,24);2*1H. The third-order valence-electron chi connectivity index (χ3n) is 5.42. The highest BCUT2D eigenvalue weighted by Gasteiger charge is 2.35. The zero-order chi connectivity index (χ0) is 16.8. The number of fused-ring (bicyclic) bond motifs is 4. The Labute approximate surface area is 171 Å². The molecule has 2 aromatic rings. The zero-order valence-electron chi connectivity index (χ0n) is 14.9. The fourth-order valence-electron chi connectivity index (χ4n) is 4.06. The van der Waals surface area contributed by atoms with Crippen LogP contribution in [0.2, 0.25) is 5.02 Å². The van der Waals surface area contributed by atoms with E-state index in [1.807, 2.05) is 10.6 Å². The molecule has 8 heteroatoms. The van der Waals surface area contributed by atoms with Crippen LogP contribution in [0.25, 0.3) is 11.0 Å². The normalized spacial score (nSPS) is 24.2. The first-order valence-corrected chi connectivity index (χ1v) is 9.10. The van der Waals surface area contributed by atoms with Crippen molar-refractivity contribution in [1.82, 2.24) is 19.8 Å². The molecule has 5 rings (SSSR count). The molecular weight excluding hydrogens is 395 g/mol. The number of piperidine rings is 3. The summed E-state index contributed by atoms with van der Waals surface area (Å²) in [6, 6.07) is 4.13. The van der Waals surface area contributed by atoms with Crippen molar-refractivity contribution in [2.75, 3.05) is 19.6 Å². The number of aromatic nitrogens is 2. The molecule has 1 amide bonds. The summed E-state index contributed by atoms with van der Waals surface area (Å²) in [6.45, 7) is 7.47. The maximum absolute atomic E-state index is 12.9. The lowest BCUT2D eigenvalue weighted by Gasteiger charge is -2.44. The van der Waals surface area contributed by atoms with Crippen molar-refractivity contribution in [2.24, 2.45) is 5.92 Å². The van der Waals surface area contributed by atoms with E-state index in [2.05, 4.69) is 29.0 Å². The molecular formula is C18H25Cl3N4O. The Bertz CT molecular complexity index is 784. The number of hydrogen-bond acceptors (Lipinski definition) is 3. The van der Waals surface area contributed by atoms with Crippen LogP contribution in [0.5, 0.6) is 0 Å². The van der Waals surface area contributed by atoms with E-state index in [-0.39, 0.29) is 42.8 Å². The van der Waals surface area contributed by atoms with Gasteiger partial charge in [0.2, 0.25) is 0 Å². The summed E-state index contributed by atoms with van der Waals surface area (Å²) in [4.78, 5) is 19.8. The average molecular weight is 420 g/mol. The number of rotatable bonds is 3. The third-order valence-corrected chi connectivity index (χ3v) is 5.64. The minimum absolute atomic E-state index is 0. The van der Waals surface area contributed by atoms with Crippen molar-refractivity contribution >= 4 is 53.4 Å². The minimum Gasteiger partial charge on any atom is -0.348 e. The lowest BCUT2D eigenvalue weighted by atomic mass is 9.84. The average Bonchev–Trinajstić information content (AvgIpc) is 2.99. The minimum atomic E-state index is -0.0599. The Kier molecular flexibility index (Phi) is 6.83. The molecule has 0 spiro atoms. The number of hydrogen-bond donors (Lipinski definition) is 1. The van der Waals surface area contributed by atoms with Crippen LogP contribution in [-0.2, 0) is 0 Å². The summed E-state index contributed by atoms with van der Waals surface area (Å²) < 4.78 is 2.05. The van der Waals surface area contributed by atoms with Crippen molar-refractivity contribution in [3.63, 3.8) is 0 Å². The molecule has 1 aromatic carbocycles. The van der Waals surface area contributed by atoms with Crippen LogP contribution in [0.1, 0.15) is 43.1 Å². The lowest BCUT2D eigenvalue weighted by molar-refractivity contribution is 0.0621. The number of nitrogens with zero attached hydrogens (tertiary/aromatic N) is 3. The predicted octanol–water partition coefficient (Wildman–Crippen LogP) is 3.94. The van der Waals surface area contributed by atoms with Gasteiger partial charge in [-0.1, -0.05) is 11.6 Å². The van der Waals surface area contributed by atoms with E-state index in [4.69, 9.17) is 11.6 Å². The first-order chi connectivity index (χ1) is 11.5. The van der Waals surface area contributed by atoms with Crippen molar-refractivity contribution in [3.8, 4) is 0 Å². The van der Waals surface area contributed by atoms with Crippen LogP contribution in [-0.4, -0.2) is 46.0 Å². The van der Waals surface area contributed by atoms with Gasteiger partial charge in [0.05, 0.1) is 17.4 Å². The number of halogens is 3. The first kappa shape index (κ1) is 21.3. The van der Waals surface area contributed by atoms with Crippen LogP contribution in [0.15, 0.2) is 18.5 Å². The van der Waals surface area contributed by atoms with Gasteiger partial charge in [0.15, 0.2) is 0 Å². The smallest absolute Gasteiger partial charge is 0.253 e. The number of benzene rings is 1.